The molecule has 0 bridgehead atoms. The molecule has 4 aliphatic rings. The summed E-state index contributed by atoms with van der Waals surface area (Å²) in [7, 11) is 0. The Hall–Kier alpha value is -1.26. The highest BCUT2D eigenvalue weighted by atomic mass is 16.6. The topological polar surface area (TPSA) is 64.6 Å². The summed E-state index contributed by atoms with van der Waals surface area (Å²) in [5, 5.41) is 2.89. The summed E-state index contributed by atoms with van der Waals surface area (Å²) >= 11 is 0. The third-order valence-corrected chi connectivity index (χ3v) is 7.27. The number of fused-ring (bicyclic) bond motifs is 5. The Morgan fingerprint density at radius 3 is 2.78 bits per heavy atom. The van der Waals surface area contributed by atoms with Gasteiger partial charge in [0.15, 0.2) is 0 Å². The predicted molar refractivity (Wildman–Crippen MR) is 83.6 cm³/mol. The second-order valence-corrected chi connectivity index (χ2v) is 8.22. The highest BCUT2D eigenvalue weighted by Crippen LogP contribution is 2.61. The van der Waals surface area contributed by atoms with Gasteiger partial charge in [-0.1, -0.05) is 6.92 Å². The zero-order chi connectivity index (χ0) is 16.2. The number of carbonyl (C=O) groups is 2. The van der Waals surface area contributed by atoms with Gasteiger partial charge >= 0.3 is 12.1 Å². The molecule has 1 amide bonds. The summed E-state index contributed by atoms with van der Waals surface area (Å²) < 4.78 is 11.2. The first-order valence-corrected chi connectivity index (χ1v) is 9.11. The average Bonchev–Trinajstić information content (AvgIpc) is 2.83. The van der Waals surface area contributed by atoms with Crippen LogP contribution >= 0.6 is 0 Å². The Kier molecular flexibility index (Phi) is 3.58. The lowest BCUT2D eigenvalue weighted by atomic mass is 9.53. The minimum Gasteiger partial charge on any atom is -0.462 e. The minimum atomic E-state index is -0.249. The van der Waals surface area contributed by atoms with E-state index in [-0.39, 0.29) is 29.7 Å². The molecule has 0 spiro atoms. The zero-order valence-corrected chi connectivity index (χ0v) is 14.0. The van der Waals surface area contributed by atoms with E-state index >= 15 is 0 Å². The van der Waals surface area contributed by atoms with Gasteiger partial charge in [-0.15, -0.1) is 0 Å². The molecule has 0 aromatic heterocycles. The molecule has 23 heavy (non-hydrogen) atoms. The average molecular weight is 321 g/mol. The van der Waals surface area contributed by atoms with Crippen LogP contribution in [0.2, 0.25) is 0 Å². The number of amides is 1. The van der Waals surface area contributed by atoms with E-state index in [1.54, 1.807) is 0 Å². The molecule has 1 N–H and O–H groups in total. The fourth-order valence-electron chi connectivity index (χ4n) is 6.27. The Bertz CT molecular complexity index is 521. The summed E-state index contributed by atoms with van der Waals surface area (Å²) in [6.07, 6.45) is 6.54. The number of esters is 1. The van der Waals surface area contributed by atoms with E-state index in [9.17, 15) is 9.59 Å². The maximum atomic E-state index is 11.5. The van der Waals surface area contributed by atoms with E-state index in [1.807, 2.05) is 0 Å². The van der Waals surface area contributed by atoms with Gasteiger partial charge in [0, 0.05) is 24.8 Å². The van der Waals surface area contributed by atoms with Crippen molar-refractivity contribution in [3.8, 4) is 0 Å². The zero-order valence-electron chi connectivity index (χ0n) is 14.0. The molecular weight excluding hydrogens is 294 g/mol. The predicted octanol–water partition coefficient (Wildman–Crippen LogP) is 2.88. The normalized spacial score (nSPS) is 48.3. The maximum absolute atomic E-state index is 11.5. The van der Waals surface area contributed by atoms with E-state index in [1.165, 1.54) is 13.3 Å². The lowest BCUT2D eigenvalue weighted by molar-refractivity contribution is -0.158. The molecule has 1 aliphatic heterocycles. The standard InChI is InChI=1S/C18H27NO4/c1-10(20)22-16-6-4-14-12-3-5-15-13(9-19-17(21)23-15)11(12)7-8-18(14,16)2/h11-16H,3-9H2,1-2H3,(H,19,21)/t11-,12+,13+,14-,15+,16-,18-/m0/s1. The summed E-state index contributed by atoms with van der Waals surface area (Å²) in [5.41, 5.74) is 0.137. The summed E-state index contributed by atoms with van der Waals surface area (Å²) in [4.78, 5) is 22.9. The van der Waals surface area contributed by atoms with Crippen molar-refractivity contribution in [1.29, 1.82) is 0 Å². The second-order valence-electron chi connectivity index (χ2n) is 8.22. The van der Waals surface area contributed by atoms with Gasteiger partial charge < -0.3 is 14.8 Å². The molecule has 1 saturated heterocycles. The van der Waals surface area contributed by atoms with Gasteiger partial charge in [-0.25, -0.2) is 4.79 Å². The van der Waals surface area contributed by atoms with Gasteiger partial charge in [-0.05, 0) is 56.3 Å². The lowest BCUT2D eigenvalue weighted by Gasteiger charge is -2.54. The van der Waals surface area contributed by atoms with Gasteiger partial charge in [0.2, 0.25) is 0 Å². The van der Waals surface area contributed by atoms with Gasteiger partial charge in [0.1, 0.15) is 12.2 Å². The van der Waals surface area contributed by atoms with Crippen molar-refractivity contribution in [2.45, 2.75) is 64.6 Å². The molecule has 5 heteroatoms. The van der Waals surface area contributed by atoms with Crippen LogP contribution in [0.3, 0.4) is 0 Å². The Labute approximate surface area is 137 Å². The van der Waals surface area contributed by atoms with E-state index in [2.05, 4.69) is 12.2 Å². The van der Waals surface area contributed by atoms with Gasteiger partial charge in [0.05, 0.1) is 0 Å². The molecule has 0 radical (unpaired) electrons. The molecule has 4 rings (SSSR count). The number of alkyl carbamates (subject to hydrolysis) is 1. The third kappa shape index (κ3) is 2.34. The van der Waals surface area contributed by atoms with Crippen molar-refractivity contribution in [3.05, 3.63) is 0 Å². The number of hydrogen-bond acceptors (Lipinski definition) is 4. The molecule has 0 unspecified atom stereocenters. The van der Waals surface area contributed by atoms with Gasteiger partial charge in [-0.3, -0.25) is 4.79 Å². The van der Waals surface area contributed by atoms with Crippen molar-refractivity contribution in [2.75, 3.05) is 6.54 Å². The summed E-state index contributed by atoms with van der Waals surface area (Å²) in [6, 6.07) is 0. The number of ether oxygens (including phenoxy) is 2. The van der Waals surface area contributed by atoms with Crippen molar-refractivity contribution < 1.29 is 19.1 Å². The van der Waals surface area contributed by atoms with E-state index in [0.29, 0.717) is 23.7 Å². The van der Waals surface area contributed by atoms with Crippen LogP contribution in [-0.2, 0) is 14.3 Å². The molecule has 128 valence electrons. The minimum absolute atomic E-state index is 0.0889. The number of carbonyl (C=O) groups excluding carboxylic acids is 2. The Morgan fingerprint density at radius 2 is 2.00 bits per heavy atom. The maximum Gasteiger partial charge on any atom is 0.407 e. The van der Waals surface area contributed by atoms with Crippen LogP contribution in [0.25, 0.3) is 0 Å². The molecule has 4 fully saturated rings. The summed E-state index contributed by atoms with van der Waals surface area (Å²) in [6.45, 7) is 4.62. The first kappa shape index (κ1) is 15.3. The van der Waals surface area contributed by atoms with E-state index in [0.717, 1.165) is 38.6 Å². The lowest BCUT2D eigenvalue weighted by Crippen LogP contribution is -2.56. The molecule has 5 nitrogen and oxygen atoms in total. The third-order valence-electron chi connectivity index (χ3n) is 7.27. The molecular formula is C18H27NO4. The number of nitrogens with one attached hydrogen (secondary N) is 1. The first-order valence-electron chi connectivity index (χ1n) is 9.11. The van der Waals surface area contributed by atoms with Crippen LogP contribution in [0.4, 0.5) is 4.79 Å². The SMILES string of the molecule is CC(=O)O[C@H]1CC[C@H]2[C@@H]3CC[C@H]4OC(=O)NC[C@@H]4[C@H]3CC[C@]12C. The summed E-state index contributed by atoms with van der Waals surface area (Å²) in [5.74, 6) is 2.29. The van der Waals surface area contributed by atoms with E-state index < -0.39 is 0 Å². The number of hydrogen-bond donors (Lipinski definition) is 1. The largest absolute Gasteiger partial charge is 0.462 e. The van der Waals surface area contributed by atoms with Crippen molar-refractivity contribution in [1.82, 2.24) is 5.32 Å². The smallest absolute Gasteiger partial charge is 0.407 e. The van der Waals surface area contributed by atoms with Crippen LogP contribution in [-0.4, -0.2) is 30.8 Å². The van der Waals surface area contributed by atoms with Crippen LogP contribution < -0.4 is 5.32 Å². The van der Waals surface area contributed by atoms with E-state index in [4.69, 9.17) is 9.47 Å². The Morgan fingerprint density at radius 1 is 1.17 bits per heavy atom. The highest BCUT2D eigenvalue weighted by molar-refractivity contribution is 5.68. The molecule has 3 aliphatic carbocycles. The molecule has 0 aromatic carbocycles. The van der Waals surface area contributed by atoms with Crippen LogP contribution in [0.15, 0.2) is 0 Å². The molecule has 3 saturated carbocycles. The van der Waals surface area contributed by atoms with Crippen LogP contribution in [0.1, 0.15) is 52.4 Å². The van der Waals surface area contributed by atoms with Gasteiger partial charge in [0.25, 0.3) is 0 Å². The van der Waals surface area contributed by atoms with Crippen LogP contribution in [0, 0.1) is 29.1 Å². The second kappa shape index (κ2) is 5.38. The van der Waals surface area contributed by atoms with Crippen molar-refractivity contribution in [3.63, 3.8) is 0 Å². The molecule has 0 aromatic rings. The monoisotopic (exact) mass is 321 g/mol. The first-order chi connectivity index (χ1) is 11.0. The van der Waals surface area contributed by atoms with Crippen molar-refractivity contribution >= 4 is 12.1 Å². The van der Waals surface area contributed by atoms with Crippen molar-refractivity contribution in [2.24, 2.45) is 29.1 Å². The number of rotatable bonds is 1. The molecule has 1 heterocycles. The van der Waals surface area contributed by atoms with Crippen LogP contribution in [0.5, 0.6) is 0 Å². The Balaban J connectivity index is 1.53. The fourth-order valence-corrected chi connectivity index (χ4v) is 6.27. The quantitative estimate of drug-likeness (QED) is 0.754. The fraction of sp³-hybridized carbons (Fsp3) is 0.889. The highest BCUT2D eigenvalue weighted by Gasteiger charge is 2.58. The van der Waals surface area contributed by atoms with Gasteiger partial charge in [-0.2, -0.15) is 0 Å². The molecule has 7 atom stereocenters.